The zero-order chi connectivity index (χ0) is 11.7. The van der Waals surface area contributed by atoms with Crippen molar-refractivity contribution in [3.8, 4) is 5.75 Å². The number of benzene rings is 1. The number of rotatable bonds is 3. The van der Waals surface area contributed by atoms with Gasteiger partial charge in [0.25, 0.3) is 0 Å². The lowest BCUT2D eigenvalue weighted by Crippen LogP contribution is -2.39. The normalized spacial score (nSPS) is 28.3. The quantitative estimate of drug-likeness (QED) is 0.728. The van der Waals surface area contributed by atoms with Crippen LogP contribution >= 0.6 is 0 Å². The van der Waals surface area contributed by atoms with Crippen molar-refractivity contribution in [2.24, 2.45) is 17.8 Å². The number of carbonyl (C=O) groups is 1. The first-order valence-electron chi connectivity index (χ1n) is 5.82. The maximum atomic E-state index is 12.3. The molecular formula is C14H18O2. The van der Waals surface area contributed by atoms with Crippen LogP contribution in [0.3, 0.4) is 0 Å². The smallest absolute Gasteiger partial charge is 0.170 e. The lowest BCUT2D eigenvalue weighted by atomic mass is 9.63. The van der Waals surface area contributed by atoms with Gasteiger partial charge >= 0.3 is 0 Å². The number of hydrogen-bond donors (Lipinski definition) is 0. The number of hydrogen-bond acceptors (Lipinski definition) is 2. The largest absolute Gasteiger partial charge is 0.496 e. The Morgan fingerprint density at radius 1 is 1.25 bits per heavy atom. The Morgan fingerprint density at radius 2 is 1.88 bits per heavy atom. The van der Waals surface area contributed by atoms with E-state index in [-0.39, 0.29) is 11.7 Å². The molecule has 0 aromatic heterocycles. The molecular weight excluding hydrogens is 200 g/mol. The minimum atomic E-state index is 0.177. The Balaban J connectivity index is 2.27. The number of methoxy groups -OCH3 is 1. The Hall–Kier alpha value is -1.31. The molecule has 2 nitrogen and oxygen atoms in total. The van der Waals surface area contributed by atoms with Crippen LogP contribution in [0, 0.1) is 17.8 Å². The molecule has 0 spiro atoms. The van der Waals surface area contributed by atoms with Crippen LogP contribution in [0.1, 0.15) is 30.6 Å². The van der Waals surface area contributed by atoms with Crippen LogP contribution in [0.25, 0.3) is 0 Å². The highest BCUT2D eigenvalue weighted by Gasteiger charge is 2.40. The first-order valence-corrected chi connectivity index (χ1v) is 5.82. The van der Waals surface area contributed by atoms with E-state index in [2.05, 4.69) is 13.8 Å². The van der Waals surface area contributed by atoms with E-state index in [9.17, 15) is 4.79 Å². The van der Waals surface area contributed by atoms with Crippen molar-refractivity contribution in [2.75, 3.05) is 7.11 Å². The number of ether oxygens (including phenoxy) is 1. The fraction of sp³-hybridized carbons (Fsp3) is 0.500. The van der Waals surface area contributed by atoms with Crippen LogP contribution in [0.5, 0.6) is 5.75 Å². The topological polar surface area (TPSA) is 26.3 Å². The Kier molecular flexibility index (Phi) is 2.99. The highest BCUT2D eigenvalue weighted by Crippen LogP contribution is 2.42. The van der Waals surface area contributed by atoms with Gasteiger partial charge < -0.3 is 4.74 Å². The molecule has 1 aliphatic carbocycles. The molecule has 1 aliphatic rings. The summed E-state index contributed by atoms with van der Waals surface area (Å²) >= 11 is 0. The summed E-state index contributed by atoms with van der Waals surface area (Å²) in [5.41, 5.74) is 0.730. The zero-order valence-electron chi connectivity index (χ0n) is 10.1. The Bertz CT molecular complexity index is 389. The fourth-order valence-corrected chi connectivity index (χ4v) is 2.79. The van der Waals surface area contributed by atoms with E-state index in [4.69, 9.17) is 4.74 Å². The van der Waals surface area contributed by atoms with Crippen molar-refractivity contribution in [3.05, 3.63) is 29.8 Å². The van der Waals surface area contributed by atoms with E-state index in [1.54, 1.807) is 7.11 Å². The van der Waals surface area contributed by atoms with E-state index in [0.29, 0.717) is 17.6 Å². The van der Waals surface area contributed by atoms with Gasteiger partial charge in [-0.1, -0.05) is 26.0 Å². The molecule has 0 saturated heterocycles. The van der Waals surface area contributed by atoms with E-state index in [0.717, 1.165) is 12.0 Å². The molecule has 1 aromatic rings. The molecule has 2 atom stereocenters. The average molecular weight is 218 g/mol. The first-order chi connectivity index (χ1) is 7.65. The van der Waals surface area contributed by atoms with E-state index >= 15 is 0 Å². The molecule has 0 heterocycles. The van der Waals surface area contributed by atoms with Crippen molar-refractivity contribution in [1.29, 1.82) is 0 Å². The SMILES string of the molecule is COc1ccccc1C(=O)C1C(C)CC1C. The summed E-state index contributed by atoms with van der Waals surface area (Å²) in [7, 11) is 1.61. The molecule has 0 amide bonds. The van der Waals surface area contributed by atoms with Crippen LogP contribution in [0.15, 0.2) is 24.3 Å². The summed E-state index contributed by atoms with van der Waals surface area (Å²) in [6, 6.07) is 7.49. The van der Waals surface area contributed by atoms with Crippen LogP contribution < -0.4 is 4.74 Å². The van der Waals surface area contributed by atoms with Gasteiger partial charge in [-0.25, -0.2) is 0 Å². The van der Waals surface area contributed by atoms with Crippen LogP contribution in [0.2, 0.25) is 0 Å². The van der Waals surface area contributed by atoms with Gasteiger partial charge in [-0.05, 0) is 30.4 Å². The lowest BCUT2D eigenvalue weighted by Gasteiger charge is -2.39. The number of para-hydroxylation sites is 1. The maximum Gasteiger partial charge on any atom is 0.170 e. The van der Waals surface area contributed by atoms with E-state index in [1.807, 2.05) is 24.3 Å². The third-order valence-corrected chi connectivity index (χ3v) is 3.64. The van der Waals surface area contributed by atoms with Crippen molar-refractivity contribution >= 4 is 5.78 Å². The molecule has 2 rings (SSSR count). The molecule has 2 heteroatoms. The zero-order valence-corrected chi connectivity index (χ0v) is 10.1. The maximum absolute atomic E-state index is 12.3. The molecule has 86 valence electrons. The molecule has 0 bridgehead atoms. The van der Waals surface area contributed by atoms with E-state index in [1.165, 1.54) is 0 Å². The average Bonchev–Trinajstić information content (AvgIpc) is 2.28. The van der Waals surface area contributed by atoms with Gasteiger partial charge in [0.2, 0.25) is 0 Å². The van der Waals surface area contributed by atoms with Gasteiger partial charge in [0.05, 0.1) is 12.7 Å². The van der Waals surface area contributed by atoms with Gasteiger partial charge in [0.1, 0.15) is 5.75 Å². The predicted octanol–water partition coefficient (Wildman–Crippen LogP) is 3.17. The van der Waals surface area contributed by atoms with Crippen molar-refractivity contribution < 1.29 is 9.53 Å². The highest BCUT2D eigenvalue weighted by molar-refractivity contribution is 6.01. The van der Waals surface area contributed by atoms with Gasteiger partial charge in [0, 0.05) is 5.92 Å². The van der Waals surface area contributed by atoms with Crippen LogP contribution in [-0.2, 0) is 0 Å². The molecule has 0 N–H and O–H groups in total. The van der Waals surface area contributed by atoms with Crippen molar-refractivity contribution in [1.82, 2.24) is 0 Å². The molecule has 1 saturated carbocycles. The first kappa shape index (κ1) is 11.2. The minimum Gasteiger partial charge on any atom is -0.496 e. The summed E-state index contributed by atoms with van der Waals surface area (Å²) < 4.78 is 5.23. The third-order valence-electron chi connectivity index (χ3n) is 3.64. The third kappa shape index (κ3) is 1.73. The fourth-order valence-electron chi connectivity index (χ4n) is 2.79. The van der Waals surface area contributed by atoms with Crippen LogP contribution in [0.4, 0.5) is 0 Å². The second-order valence-electron chi connectivity index (χ2n) is 4.78. The summed E-state index contributed by atoms with van der Waals surface area (Å²) in [5, 5.41) is 0. The number of carbonyl (C=O) groups excluding carboxylic acids is 1. The van der Waals surface area contributed by atoms with Gasteiger partial charge in [0.15, 0.2) is 5.78 Å². The van der Waals surface area contributed by atoms with Gasteiger partial charge in [-0.15, -0.1) is 0 Å². The molecule has 1 aromatic carbocycles. The monoisotopic (exact) mass is 218 g/mol. The van der Waals surface area contributed by atoms with Crippen LogP contribution in [-0.4, -0.2) is 12.9 Å². The van der Waals surface area contributed by atoms with Crippen molar-refractivity contribution in [3.63, 3.8) is 0 Å². The summed E-state index contributed by atoms with van der Waals surface area (Å²) in [5.74, 6) is 2.12. The molecule has 2 unspecified atom stereocenters. The summed E-state index contributed by atoms with van der Waals surface area (Å²) in [6.45, 7) is 4.30. The summed E-state index contributed by atoms with van der Waals surface area (Å²) in [6.07, 6.45) is 1.16. The van der Waals surface area contributed by atoms with Gasteiger partial charge in [-0.3, -0.25) is 4.79 Å². The minimum absolute atomic E-state index is 0.177. The second kappa shape index (κ2) is 4.28. The molecule has 16 heavy (non-hydrogen) atoms. The standard InChI is InChI=1S/C14H18O2/c1-9-8-10(2)13(9)14(15)11-6-4-5-7-12(11)16-3/h4-7,9-10,13H,8H2,1-3H3. The molecule has 1 fully saturated rings. The Morgan fingerprint density at radius 3 is 2.44 bits per heavy atom. The highest BCUT2D eigenvalue weighted by atomic mass is 16.5. The lowest BCUT2D eigenvalue weighted by molar-refractivity contribution is 0.0578. The molecule has 0 radical (unpaired) electrons. The number of ketones is 1. The predicted molar refractivity (Wildman–Crippen MR) is 63.8 cm³/mol. The van der Waals surface area contributed by atoms with Crippen molar-refractivity contribution in [2.45, 2.75) is 20.3 Å². The Labute approximate surface area is 96.6 Å². The summed E-state index contributed by atoms with van der Waals surface area (Å²) in [4.78, 5) is 12.3. The van der Waals surface area contributed by atoms with Gasteiger partial charge in [-0.2, -0.15) is 0 Å². The number of Topliss-reactive ketones (excluding diaryl/α,β-unsaturated/α-hetero) is 1. The molecule has 0 aliphatic heterocycles. The second-order valence-corrected chi connectivity index (χ2v) is 4.78. The van der Waals surface area contributed by atoms with E-state index < -0.39 is 0 Å².